The second kappa shape index (κ2) is 9.12. The molecule has 10 nitrogen and oxygen atoms in total. The lowest BCUT2D eigenvalue weighted by Crippen LogP contribution is -2.47. The number of aromatic nitrogens is 5. The summed E-state index contributed by atoms with van der Waals surface area (Å²) in [5.74, 6) is 2.09. The fourth-order valence-corrected chi connectivity index (χ4v) is 5.37. The molecular weight excluding hydrogens is 466 g/mol. The maximum atomic E-state index is 11.5. The molecule has 4 aromatic rings. The van der Waals surface area contributed by atoms with Gasteiger partial charge < -0.3 is 14.6 Å². The molecule has 0 bridgehead atoms. The Labute approximate surface area is 204 Å². The average Bonchev–Trinajstić information content (AvgIpc) is 3.46. The van der Waals surface area contributed by atoms with E-state index in [-0.39, 0.29) is 11.7 Å². The van der Waals surface area contributed by atoms with Gasteiger partial charge in [0, 0.05) is 56.1 Å². The Bertz CT molecular complexity index is 1470. The molecule has 0 spiro atoms. The number of aromatic amines is 1. The number of nitrogens with zero attached hydrogens (tertiary/aromatic N) is 6. The van der Waals surface area contributed by atoms with Gasteiger partial charge >= 0.3 is 0 Å². The summed E-state index contributed by atoms with van der Waals surface area (Å²) in [6, 6.07) is 4.16. The topological polar surface area (TPSA) is 109 Å². The van der Waals surface area contributed by atoms with Crippen LogP contribution in [0.2, 0.25) is 0 Å². The number of ether oxygens (including phenoxy) is 1. The third-order valence-electron chi connectivity index (χ3n) is 6.61. The van der Waals surface area contributed by atoms with Gasteiger partial charge in [-0.15, -0.1) is 0 Å². The van der Waals surface area contributed by atoms with Crippen LogP contribution in [0.4, 0.5) is 5.82 Å². The average molecular weight is 498 g/mol. The third kappa shape index (κ3) is 4.70. The molecular formula is C24H31N7O3S. The van der Waals surface area contributed by atoms with Gasteiger partial charge in [-0.3, -0.25) is 4.90 Å². The Kier molecular flexibility index (Phi) is 6.14. The van der Waals surface area contributed by atoms with Gasteiger partial charge in [0.2, 0.25) is 0 Å². The minimum Gasteiger partial charge on any atom is -0.493 e. The zero-order chi connectivity index (χ0) is 24.7. The second-order valence-corrected chi connectivity index (χ2v) is 11.7. The van der Waals surface area contributed by atoms with Crippen molar-refractivity contribution in [2.24, 2.45) is 0 Å². The Morgan fingerprint density at radius 1 is 1.14 bits per heavy atom. The van der Waals surface area contributed by atoms with Crippen molar-refractivity contribution in [3.63, 3.8) is 0 Å². The summed E-state index contributed by atoms with van der Waals surface area (Å²) in [4.78, 5) is 17.1. The van der Waals surface area contributed by atoms with Crippen LogP contribution in [0, 0.1) is 0 Å². The minimum absolute atomic E-state index is 0.201. The number of hydrogen-bond donors (Lipinski definition) is 1. The number of nitrogens with one attached hydrogen (secondary N) is 1. The summed E-state index contributed by atoms with van der Waals surface area (Å²) in [6.07, 6.45) is 6.68. The van der Waals surface area contributed by atoms with E-state index in [1.54, 1.807) is 11.6 Å². The molecule has 1 aliphatic heterocycles. The maximum Gasteiger partial charge on any atom is 0.197 e. The van der Waals surface area contributed by atoms with Crippen molar-refractivity contribution in [3.05, 3.63) is 36.4 Å². The van der Waals surface area contributed by atoms with Crippen LogP contribution in [0.25, 0.3) is 27.8 Å². The Hall–Kier alpha value is -3.18. The number of H-pyrrole nitrogens is 1. The largest absolute Gasteiger partial charge is 0.493 e. The number of piperazine rings is 1. The first-order valence-electron chi connectivity index (χ1n) is 11.8. The highest BCUT2D eigenvalue weighted by Crippen LogP contribution is 2.38. The summed E-state index contributed by atoms with van der Waals surface area (Å²) in [5.41, 5.74) is 4.88. The molecule has 1 aliphatic rings. The number of pyridine rings is 2. The molecule has 1 fully saturated rings. The standard InChI is InChI=1S/C24H31N7O3S/c1-16(2)22-18-12-21(30-7-5-29(6-8-30)9-10-35(4,32)33)25-13-19(18)28-23(22)17-11-20(34-3)24-26-15-27-31(24)14-17/h11-16,28H,5-10H2,1-4H3. The van der Waals surface area contributed by atoms with E-state index < -0.39 is 9.84 Å². The van der Waals surface area contributed by atoms with Gasteiger partial charge in [-0.25, -0.2) is 22.9 Å². The van der Waals surface area contributed by atoms with E-state index in [4.69, 9.17) is 9.72 Å². The first kappa shape index (κ1) is 23.6. The van der Waals surface area contributed by atoms with Crippen LogP contribution in [0.15, 0.2) is 30.9 Å². The number of sulfone groups is 1. The molecule has 11 heteroatoms. The number of methoxy groups -OCH3 is 1. The molecule has 0 aliphatic carbocycles. The summed E-state index contributed by atoms with van der Waals surface area (Å²) in [5, 5.41) is 5.46. The summed E-state index contributed by atoms with van der Waals surface area (Å²) < 4.78 is 30.3. The van der Waals surface area contributed by atoms with Crippen molar-refractivity contribution in [1.82, 2.24) is 29.5 Å². The van der Waals surface area contributed by atoms with Crippen LogP contribution in [-0.4, -0.2) is 89.7 Å². The number of rotatable bonds is 7. The smallest absolute Gasteiger partial charge is 0.197 e. The fraction of sp³-hybridized carbons (Fsp3) is 0.458. The predicted molar refractivity (Wildman–Crippen MR) is 137 cm³/mol. The van der Waals surface area contributed by atoms with E-state index in [2.05, 4.69) is 44.8 Å². The quantitative estimate of drug-likeness (QED) is 0.415. The van der Waals surface area contributed by atoms with Crippen molar-refractivity contribution < 1.29 is 13.2 Å². The number of anilines is 1. The van der Waals surface area contributed by atoms with Gasteiger partial charge in [0.1, 0.15) is 22.0 Å². The molecule has 1 N–H and O–H groups in total. The molecule has 0 atom stereocenters. The van der Waals surface area contributed by atoms with Gasteiger partial charge in [0.05, 0.1) is 30.3 Å². The first-order chi connectivity index (χ1) is 16.7. The van der Waals surface area contributed by atoms with E-state index >= 15 is 0 Å². The molecule has 0 aromatic carbocycles. The van der Waals surface area contributed by atoms with Crippen LogP contribution >= 0.6 is 0 Å². The van der Waals surface area contributed by atoms with Crippen LogP contribution in [0.5, 0.6) is 5.75 Å². The van der Waals surface area contributed by atoms with Crippen LogP contribution in [0.3, 0.4) is 0 Å². The zero-order valence-corrected chi connectivity index (χ0v) is 21.3. The third-order valence-corrected chi connectivity index (χ3v) is 7.53. The van der Waals surface area contributed by atoms with Crippen molar-refractivity contribution >= 4 is 32.2 Å². The minimum atomic E-state index is -2.95. The lowest BCUT2D eigenvalue weighted by atomic mass is 9.97. The molecule has 186 valence electrons. The molecule has 1 saturated heterocycles. The highest BCUT2D eigenvalue weighted by Gasteiger charge is 2.22. The molecule has 0 amide bonds. The molecule has 0 unspecified atom stereocenters. The van der Waals surface area contributed by atoms with E-state index in [0.717, 1.165) is 54.2 Å². The van der Waals surface area contributed by atoms with E-state index in [9.17, 15) is 8.42 Å². The molecule has 4 aromatic heterocycles. The zero-order valence-electron chi connectivity index (χ0n) is 20.5. The molecule has 0 radical (unpaired) electrons. The SMILES string of the molecule is COc1cc(-c2[nH]c3cnc(N4CCN(CCS(C)(=O)=O)CC4)cc3c2C(C)C)cn2ncnc12. The van der Waals surface area contributed by atoms with E-state index in [0.29, 0.717) is 17.9 Å². The molecule has 35 heavy (non-hydrogen) atoms. The Morgan fingerprint density at radius 2 is 1.91 bits per heavy atom. The van der Waals surface area contributed by atoms with Crippen molar-refractivity contribution in [2.75, 3.05) is 56.7 Å². The highest BCUT2D eigenvalue weighted by atomic mass is 32.2. The Balaban J connectivity index is 1.46. The van der Waals surface area contributed by atoms with E-state index in [1.807, 2.05) is 18.5 Å². The molecule has 0 saturated carbocycles. The predicted octanol–water partition coefficient (Wildman–Crippen LogP) is 2.57. The van der Waals surface area contributed by atoms with Gasteiger partial charge in [-0.2, -0.15) is 5.10 Å². The lowest BCUT2D eigenvalue weighted by molar-refractivity contribution is 0.271. The van der Waals surface area contributed by atoms with Crippen LogP contribution in [-0.2, 0) is 9.84 Å². The molecule has 5 rings (SSSR count). The van der Waals surface area contributed by atoms with Gasteiger partial charge in [0.15, 0.2) is 11.4 Å². The first-order valence-corrected chi connectivity index (χ1v) is 13.8. The highest BCUT2D eigenvalue weighted by molar-refractivity contribution is 7.90. The number of hydrogen-bond acceptors (Lipinski definition) is 8. The van der Waals surface area contributed by atoms with Crippen LogP contribution < -0.4 is 9.64 Å². The monoisotopic (exact) mass is 497 g/mol. The normalized spacial score (nSPS) is 15.5. The lowest BCUT2D eigenvalue weighted by Gasteiger charge is -2.35. The summed E-state index contributed by atoms with van der Waals surface area (Å²) in [6.45, 7) is 8.24. The van der Waals surface area contributed by atoms with Crippen LogP contribution in [0.1, 0.15) is 25.3 Å². The summed E-state index contributed by atoms with van der Waals surface area (Å²) >= 11 is 0. The fourth-order valence-electron chi connectivity index (χ4n) is 4.78. The number of fused-ring (bicyclic) bond motifs is 2. The summed E-state index contributed by atoms with van der Waals surface area (Å²) in [7, 11) is -1.31. The molecule has 5 heterocycles. The van der Waals surface area contributed by atoms with Crippen molar-refractivity contribution in [2.45, 2.75) is 19.8 Å². The van der Waals surface area contributed by atoms with Gasteiger partial charge in [0.25, 0.3) is 0 Å². The van der Waals surface area contributed by atoms with Crippen molar-refractivity contribution in [3.8, 4) is 17.0 Å². The second-order valence-electron chi connectivity index (χ2n) is 9.44. The van der Waals surface area contributed by atoms with Gasteiger partial charge in [-0.1, -0.05) is 13.8 Å². The van der Waals surface area contributed by atoms with Crippen molar-refractivity contribution in [1.29, 1.82) is 0 Å². The van der Waals surface area contributed by atoms with Gasteiger partial charge in [-0.05, 0) is 23.6 Å². The maximum absolute atomic E-state index is 11.5. The Morgan fingerprint density at radius 3 is 2.60 bits per heavy atom. The van der Waals surface area contributed by atoms with E-state index in [1.165, 1.54) is 18.1 Å².